The van der Waals surface area contributed by atoms with Gasteiger partial charge >= 0.3 is 0 Å². The fraction of sp³-hybridized carbons (Fsp3) is 0.609. The molecule has 2 aromatic heterocycles. The van der Waals surface area contributed by atoms with Gasteiger partial charge < -0.3 is 5.32 Å². The lowest BCUT2D eigenvalue weighted by Crippen LogP contribution is -2.44. The monoisotopic (exact) mass is 445 g/mol. The molecule has 0 saturated heterocycles. The Morgan fingerprint density at radius 3 is 2.90 bits per heavy atom. The third-order valence-corrected chi connectivity index (χ3v) is 8.90. The molecule has 1 amide bonds. The van der Waals surface area contributed by atoms with Crippen molar-refractivity contribution in [3.05, 3.63) is 33.4 Å². The van der Waals surface area contributed by atoms with Crippen molar-refractivity contribution in [2.45, 2.75) is 76.5 Å². The van der Waals surface area contributed by atoms with Crippen molar-refractivity contribution in [2.75, 3.05) is 5.75 Å². The van der Waals surface area contributed by atoms with Crippen LogP contribution in [0.3, 0.4) is 0 Å². The molecule has 162 valence electrons. The van der Waals surface area contributed by atoms with E-state index in [9.17, 15) is 9.59 Å². The number of thiophene rings is 1. The van der Waals surface area contributed by atoms with Gasteiger partial charge in [-0.05, 0) is 49.5 Å². The van der Waals surface area contributed by atoms with Crippen molar-refractivity contribution in [2.24, 2.45) is 11.8 Å². The average molecular weight is 446 g/mol. The van der Waals surface area contributed by atoms with E-state index >= 15 is 0 Å². The summed E-state index contributed by atoms with van der Waals surface area (Å²) >= 11 is 3.01. The Kier molecular flexibility index (Phi) is 6.68. The summed E-state index contributed by atoms with van der Waals surface area (Å²) in [6.07, 6.45) is 9.51. The van der Waals surface area contributed by atoms with Crippen LogP contribution >= 0.6 is 23.1 Å². The fourth-order valence-electron chi connectivity index (χ4n) is 4.78. The van der Waals surface area contributed by atoms with E-state index in [0.29, 0.717) is 23.5 Å². The van der Waals surface area contributed by atoms with Gasteiger partial charge in [0.1, 0.15) is 4.83 Å². The predicted molar refractivity (Wildman–Crippen MR) is 126 cm³/mol. The number of allylic oxidation sites excluding steroid dienone is 1. The van der Waals surface area contributed by atoms with Gasteiger partial charge in [-0.2, -0.15) is 0 Å². The minimum Gasteiger partial charge on any atom is -0.352 e. The highest BCUT2D eigenvalue weighted by atomic mass is 32.2. The van der Waals surface area contributed by atoms with Gasteiger partial charge in [-0.3, -0.25) is 14.2 Å². The van der Waals surface area contributed by atoms with Gasteiger partial charge in [0.15, 0.2) is 5.16 Å². The van der Waals surface area contributed by atoms with Crippen molar-refractivity contribution in [1.82, 2.24) is 14.9 Å². The van der Waals surface area contributed by atoms with E-state index < -0.39 is 0 Å². The van der Waals surface area contributed by atoms with Crippen LogP contribution < -0.4 is 10.9 Å². The van der Waals surface area contributed by atoms with Gasteiger partial charge in [-0.25, -0.2) is 4.98 Å². The third kappa shape index (κ3) is 4.24. The Bertz CT molecular complexity index is 1010. The maximum atomic E-state index is 13.3. The van der Waals surface area contributed by atoms with E-state index in [4.69, 9.17) is 4.98 Å². The van der Waals surface area contributed by atoms with Crippen LogP contribution in [-0.4, -0.2) is 27.3 Å². The number of nitrogens with one attached hydrogen (secondary N) is 1. The molecular weight excluding hydrogens is 414 g/mol. The number of rotatable bonds is 6. The minimum atomic E-state index is 0.0111. The molecule has 3 atom stereocenters. The number of carbonyl (C=O) groups is 1. The normalized spacial score (nSPS) is 23.9. The topological polar surface area (TPSA) is 64.0 Å². The second-order valence-corrected chi connectivity index (χ2v) is 10.7. The van der Waals surface area contributed by atoms with Gasteiger partial charge in [-0.15, -0.1) is 17.9 Å². The van der Waals surface area contributed by atoms with Crippen LogP contribution in [-0.2, 0) is 24.2 Å². The molecule has 0 bridgehead atoms. The van der Waals surface area contributed by atoms with Crippen LogP contribution in [0.4, 0.5) is 0 Å². The van der Waals surface area contributed by atoms with Crippen molar-refractivity contribution >= 4 is 39.2 Å². The molecule has 2 aliphatic carbocycles. The van der Waals surface area contributed by atoms with E-state index in [0.717, 1.165) is 35.9 Å². The summed E-state index contributed by atoms with van der Waals surface area (Å²) in [6, 6.07) is 0.247. The van der Waals surface area contributed by atoms with Crippen molar-refractivity contribution < 1.29 is 4.79 Å². The van der Waals surface area contributed by atoms with Gasteiger partial charge in [0.25, 0.3) is 5.56 Å². The van der Waals surface area contributed by atoms with Gasteiger partial charge in [0.2, 0.25) is 5.91 Å². The molecule has 2 aliphatic rings. The van der Waals surface area contributed by atoms with Crippen molar-refractivity contribution in [1.29, 1.82) is 0 Å². The number of thioether (sulfide) groups is 1. The first-order valence-corrected chi connectivity index (χ1v) is 12.9. The molecule has 3 unspecified atom stereocenters. The zero-order chi connectivity index (χ0) is 21.3. The Balaban J connectivity index is 1.54. The lowest BCUT2D eigenvalue weighted by Gasteiger charge is -2.34. The van der Waals surface area contributed by atoms with E-state index in [1.807, 2.05) is 0 Å². The molecule has 2 aromatic rings. The zero-order valence-corrected chi connectivity index (χ0v) is 19.5. The number of hydrogen-bond acceptors (Lipinski definition) is 5. The predicted octanol–water partition coefficient (Wildman–Crippen LogP) is 4.56. The molecule has 1 fully saturated rings. The molecule has 0 aliphatic heterocycles. The standard InChI is InChI=1S/C23H31N3O2S2/c1-4-12-26-22(28)20-16-9-5-6-11-18(16)30-21(20)25-23(26)29-13-19(27)24-17-10-7-8-14(2)15(17)3/h4,14-15,17H,1,5-13H2,2-3H3,(H,24,27). The first kappa shape index (κ1) is 21.6. The van der Waals surface area contributed by atoms with Crippen molar-refractivity contribution in [3.63, 3.8) is 0 Å². The van der Waals surface area contributed by atoms with Gasteiger partial charge in [-0.1, -0.05) is 44.5 Å². The molecule has 4 rings (SSSR count). The Hall–Kier alpha value is -1.60. The highest BCUT2D eigenvalue weighted by Crippen LogP contribution is 2.35. The van der Waals surface area contributed by atoms with E-state index in [2.05, 4.69) is 25.7 Å². The summed E-state index contributed by atoms with van der Waals surface area (Å²) in [5, 5.41) is 4.62. The lowest BCUT2D eigenvalue weighted by atomic mass is 9.78. The summed E-state index contributed by atoms with van der Waals surface area (Å²) in [5.74, 6) is 1.44. The third-order valence-electron chi connectivity index (χ3n) is 6.74. The largest absolute Gasteiger partial charge is 0.352 e. The molecule has 0 radical (unpaired) electrons. The van der Waals surface area contributed by atoms with Crippen LogP contribution in [0.5, 0.6) is 0 Å². The maximum Gasteiger partial charge on any atom is 0.263 e. The summed E-state index contributed by atoms with van der Waals surface area (Å²) in [7, 11) is 0. The molecule has 2 heterocycles. The molecule has 1 N–H and O–H groups in total. The zero-order valence-electron chi connectivity index (χ0n) is 17.9. The number of hydrogen-bond donors (Lipinski definition) is 1. The lowest BCUT2D eigenvalue weighted by molar-refractivity contribution is -0.120. The van der Waals surface area contributed by atoms with Crippen LogP contribution in [0.1, 0.15) is 56.4 Å². The summed E-state index contributed by atoms with van der Waals surface area (Å²) in [6.45, 7) is 8.72. The number of fused-ring (bicyclic) bond motifs is 3. The second-order valence-electron chi connectivity index (χ2n) is 8.72. The first-order chi connectivity index (χ1) is 14.5. The molecule has 0 spiro atoms. The highest BCUT2D eigenvalue weighted by molar-refractivity contribution is 7.99. The summed E-state index contributed by atoms with van der Waals surface area (Å²) in [5.41, 5.74) is 1.21. The average Bonchev–Trinajstić information content (AvgIpc) is 3.11. The first-order valence-electron chi connectivity index (χ1n) is 11.1. The Morgan fingerprint density at radius 1 is 1.30 bits per heavy atom. The Labute approximate surface area is 186 Å². The summed E-state index contributed by atoms with van der Waals surface area (Å²) in [4.78, 5) is 32.9. The van der Waals surface area contributed by atoms with E-state index in [-0.39, 0.29) is 23.3 Å². The summed E-state index contributed by atoms with van der Waals surface area (Å²) < 4.78 is 1.68. The molecule has 5 nitrogen and oxygen atoms in total. The van der Waals surface area contributed by atoms with Crippen LogP contribution in [0.2, 0.25) is 0 Å². The number of carbonyl (C=O) groups excluding carboxylic acids is 1. The van der Waals surface area contributed by atoms with Crippen LogP contribution in [0.25, 0.3) is 10.2 Å². The molecule has 1 saturated carbocycles. The molecule has 0 aromatic carbocycles. The van der Waals surface area contributed by atoms with Crippen LogP contribution in [0, 0.1) is 11.8 Å². The van der Waals surface area contributed by atoms with E-state index in [1.54, 1.807) is 22.0 Å². The number of nitrogens with zero attached hydrogens (tertiary/aromatic N) is 2. The highest BCUT2D eigenvalue weighted by Gasteiger charge is 2.28. The quantitative estimate of drug-likeness (QED) is 0.402. The number of aromatic nitrogens is 2. The van der Waals surface area contributed by atoms with E-state index in [1.165, 1.54) is 41.5 Å². The number of amides is 1. The Morgan fingerprint density at radius 2 is 2.10 bits per heavy atom. The second kappa shape index (κ2) is 9.27. The minimum absolute atomic E-state index is 0.0111. The van der Waals surface area contributed by atoms with Crippen LogP contribution in [0.15, 0.2) is 22.6 Å². The van der Waals surface area contributed by atoms with Crippen molar-refractivity contribution in [3.8, 4) is 0 Å². The smallest absolute Gasteiger partial charge is 0.263 e. The van der Waals surface area contributed by atoms with Gasteiger partial charge in [0.05, 0.1) is 11.1 Å². The fourth-order valence-corrected chi connectivity index (χ4v) is 6.91. The molecular formula is C23H31N3O2S2. The molecule has 7 heteroatoms. The SMILES string of the molecule is C=CCn1c(SCC(=O)NC2CCCC(C)C2C)nc2sc3c(c2c1=O)CCCC3. The molecule has 30 heavy (non-hydrogen) atoms. The maximum absolute atomic E-state index is 13.3. The number of aryl methyl sites for hydroxylation is 2. The van der Waals surface area contributed by atoms with Gasteiger partial charge in [0, 0.05) is 17.5 Å².